The van der Waals surface area contributed by atoms with Crippen LogP contribution in [0.5, 0.6) is 0 Å². The molecule has 0 amide bonds. The summed E-state index contributed by atoms with van der Waals surface area (Å²) < 4.78 is 26.9. The Morgan fingerprint density at radius 2 is 2.05 bits per heavy atom. The van der Waals surface area contributed by atoms with Crippen molar-refractivity contribution in [2.24, 2.45) is 5.10 Å². The minimum atomic E-state index is -3.68. The highest BCUT2D eigenvalue weighted by atomic mass is 127. The predicted molar refractivity (Wildman–Crippen MR) is 92.6 cm³/mol. The standard InChI is InChI=1S/C13H12ClIN4O2S/c1-8-2-4-9(5-3-8)22(20,21)18-17-10-6-7-19-11(14)12(15)16-13(10)19/h2-5,18H,6-7H2,1H3/b17-10-. The number of halogens is 2. The van der Waals surface area contributed by atoms with Crippen LogP contribution >= 0.6 is 34.2 Å². The summed E-state index contributed by atoms with van der Waals surface area (Å²) in [5, 5.41) is 4.58. The first-order valence-corrected chi connectivity index (χ1v) is 9.39. The lowest BCUT2D eigenvalue weighted by molar-refractivity contribution is 0.584. The van der Waals surface area contributed by atoms with E-state index in [1.54, 1.807) is 24.3 Å². The van der Waals surface area contributed by atoms with Gasteiger partial charge in [0.15, 0.2) is 5.82 Å². The maximum atomic E-state index is 12.2. The highest BCUT2D eigenvalue weighted by Crippen LogP contribution is 2.25. The van der Waals surface area contributed by atoms with Gasteiger partial charge in [0, 0.05) is 13.0 Å². The molecule has 3 rings (SSSR count). The van der Waals surface area contributed by atoms with E-state index in [1.165, 1.54) is 0 Å². The fourth-order valence-electron chi connectivity index (χ4n) is 2.15. The van der Waals surface area contributed by atoms with Gasteiger partial charge in [-0.15, -0.1) is 0 Å². The largest absolute Gasteiger partial charge is 0.313 e. The van der Waals surface area contributed by atoms with E-state index in [9.17, 15) is 8.42 Å². The van der Waals surface area contributed by atoms with Gasteiger partial charge in [-0.25, -0.2) is 4.98 Å². The number of aryl methyl sites for hydroxylation is 1. The van der Waals surface area contributed by atoms with E-state index in [1.807, 2.05) is 34.1 Å². The molecule has 0 radical (unpaired) electrons. The van der Waals surface area contributed by atoms with Crippen LogP contribution < -0.4 is 4.83 Å². The van der Waals surface area contributed by atoms with E-state index in [0.29, 0.717) is 33.4 Å². The van der Waals surface area contributed by atoms with Crippen molar-refractivity contribution in [2.45, 2.75) is 24.8 Å². The van der Waals surface area contributed by atoms with Crippen molar-refractivity contribution in [3.05, 3.63) is 44.5 Å². The molecule has 6 nitrogen and oxygen atoms in total. The molecule has 116 valence electrons. The minimum Gasteiger partial charge on any atom is -0.313 e. The zero-order chi connectivity index (χ0) is 15.9. The Labute approximate surface area is 146 Å². The Kier molecular flexibility index (Phi) is 4.17. The number of nitrogens with one attached hydrogen (secondary N) is 1. The third-order valence-corrected chi connectivity index (χ3v) is 6.01. The van der Waals surface area contributed by atoms with Gasteiger partial charge in [-0.3, -0.25) is 0 Å². The number of aromatic nitrogens is 2. The van der Waals surface area contributed by atoms with Gasteiger partial charge in [0.25, 0.3) is 10.0 Å². The second kappa shape index (κ2) is 5.82. The molecule has 0 atom stereocenters. The van der Waals surface area contributed by atoms with E-state index < -0.39 is 10.0 Å². The minimum absolute atomic E-state index is 0.177. The second-order valence-electron chi connectivity index (χ2n) is 4.88. The first-order valence-electron chi connectivity index (χ1n) is 6.45. The van der Waals surface area contributed by atoms with E-state index in [2.05, 4.69) is 14.9 Å². The van der Waals surface area contributed by atoms with Crippen molar-refractivity contribution in [1.82, 2.24) is 14.4 Å². The maximum absolute atomic E-state index is 12.2. The molecule has 0 aliphatic carbocycles. The molecule has 1 aliphatic heterocycles. The van der Waals surface area contributed by atoms with Crippen LogP contribution in [0, 0.1) is 10.6 Å². The van der Waals surface area contributed by atoms with E-state index in [0.717, 1.165) is 5.56 Å². The Bertz CT molecular complexity index is 859. The number of rotatable bonds is 3. The molecule has 9 heteroatoms. The lowest BCUT2D eigenvalue weighted by Gasteiger charge is -2.04. The second-order valence-corrected chi connectivity index (χ2v) is 7.93. The van der Waals surface area contributed by atoms with Gasteiger partial charge in [-0.05, 0) is 41.6 Å². The van der Waals surface area contributed by atoms with Crippen molar-refractivity contribution >= 4 is 49.9 Å². The summed E-state index contributed by atoms with van der Waals surface area (Å²) >= 11 is 8.16. The zero-order valence-corrected chi connectivity index (χ0v) is 15.3. The number of hydrazone groups is 1. The SMILES string of the molecule is Cc1ccc(S(=O)(=O)N/N=C2/CCn3c2nc(I)c3Cl)cc1. The van der Waals surface area contributed by atoms with Crippen LogP contribution in [0.2, 0.25) is 5.15 Å². The van der Waals surface area contributed by atoms with Crippen LogP contribution in [-0.4, -0.2) is 23.7 Å². The Morgan fingerprint density at radius 3 is 2.73 bits per heavy atom. The van der Waals surface area contributed by atoms with Crippen molar-refractivity contribution in [1.29, 1.82) is 0 Å². The topological polar surface area (TPSA) is 76.3 Å². The molecule has 0 saturated carbocycles. The molecule has 22 heavy (non-hydrogen) atoms. The number of fused-ring (bicyclic) bond motifs is 1. The van der Waals surface area contributed by atoms with Gasteiger partial charge >= 0.3 is 0 Å². The lowest BCUT2D eigenvalue weighted by atomic mass is 10.2. The summed E-state index contributed by atoms with van der Waals surface area (Å²) in [4.78, 5) is 6.75. The average molecular weight is 451 g/mol. The lowest BCUT2D eigenvalue weighted by Crippen LogP contribution is -2.20. The third kappa shape index (κ3) is 2.86. The quantitative estimate of drug-likeness (QED) is 0.577. The van der Waals surface area contributed by atoms with Gasteiger partial charge in [0.2, 0.25) is 0 Å². The average Bonchev–Trinajstić information content (AvgIpc) is 2.99. The monoisotopic (exact) mass is 450 g/mol. The van der Waals surface area contributed by atoms with Gasteiger partial charge < -0.3 is 4.57 Å². The van der Waals surface area contributed by atoms with Crippen LogP contribution in [0.25, 0.3) is 0 Å². The summed E-state index contributed by atoms with van der Waals surface area (Å²) in [6, 6.07) is 6.58. The fourth-order valence-corrected chi connectivity index (χ4v) is 3.71. The first kappa shape index (κ1) is 15.8. The fraction of sp³-hybridized carbons (Fsp3) is 0.231. The molecular formula is C13H12ClIN4O2S. The Hall–Kier alpha value is -1.13. The van der Waals surface area contributed by atoms with Gasteiger partial charge in [-0.1, -0.05) is 29.3 Å². The van der Waals surface area contributed by atoms with Gasteiger partial charge in [0.1, 0.15) is 14.6 Å². The molecule has 0 spiro atoms. The Balaban J connectivity index is 1.86. The smallest absolute Gasteiger partial charge is 0.276 e. The number of imidazole rings is 1. The highest BCUT2D eigenvalue weighted by molar-refractivity contribution is 14.1. The van der Waals surface area contributed by atoms with E-state index >= 15 is 0 Å². The van der Waals surface area contributed by atoms with Gasteiger partial charge in [-0.2, -0.15) is 18.4 Å². The van der Waals surface area contributed by atoms with Crippen LogP contribution in [0.1, 0.15) is 17.8 Å². The van der Waals surface area contributed by atoms with Crippen LogP contribution in [0.4, 0.5) is 0 Å². The first-order chi connectivity index (χ1) is 10.4. The zero-order valence-electron chi connectivity index (χ0n) is 11.5. The summed E-state index contributed by atoms with van der Waals surface area (Å²) in [6.07, 6.45) is 0.593. The van der Waals surface area contributed by atoms with Crippen molar-refractivity contribution in [3.8, 4) is 0 Å². The van der Waals surface area contributed by atoms with Crippen LogP contribution in [-0.2, 0) is 16.6 Å². The number of sulfonamides is 1. The summed E-state index contributed by atoms with van der Waals surface area (Å²) in [5.41, 5.74) is 1.58. The molecule has 0 unspecified atom stereocenters. The summed E-state index contributed by atoms with van der Waals surface area (Å²) in [7, 11) is -3.68. The molecule has 1 N–H and O–H groups in total. The number of nitrogens with zero attached hydrogens (tertiary/aromatic N) is 3. The summed E-state index contributed by atoms with van der Waals surface area (Å²) in [6.45, 7) is 2.54. The Morgan fingerprint density at radius 1 is 1.36 bits per heavy atom. The van der Waals surface area contributed by atoms with Gasteiger partial charge in [0.05, 0.1) is 4.90 Å². The molecule has 0 bridgehead atoms. The molecule has 1 aliphatic rings. The predicted octanol–water partition coefficient (Wildman–Crippen LogP) is 2.54. The molecule has 2 aromatic rings. The number of benzene rings is 1. The molecule has 1 aromatic carbocycles. The molecule has 0 saturated heterocycles. The maximum Gasteiger partial charge on any atom is 0.276 e. The van der Waals surface area contributed by atoms with Crippen molar-refractivity contribution in [2.75, 3.05) is 0 Å². The molecule has 2 heterocycles. The van der Waals surface area contributed by atoms with Crippen molar-refractivity contribution in [3.63, 3.8) is 0 Å². The summed E-state index contributed by atoms with van der Waals surface area (Å²) in [5.74, 6) is 0.612. The van der Waals surface area contributed by atoms with E-state index in [4.69, 9.17) is 11.6 Å². The molecule has 0 fully saturated rings. The highest BCUT2D eigenvalue weighted by Gasteiger charge is 2.25. The third-order valence-electron chi connectivity index (χ3n) is 3.33. The normalized spacial score (nSPS) is 16.0. The molecule has 1 aromatic heterocycles. The van der Waals surface area contributed by atoms with E-state index in [-0.39, 0.29) is 4.90 Å². The number of hydrogen-bond acceptors (Lipinski definition) is 4. The van der Waals surface area contributed by atoms with Crippen LogP contribution in [0.3, 0.4) is 0 Å². The van der Waals surface area contributed by atoms with Crippen molar-refractivity contribution < 1.29 is 8.42 Å². The number of hydrogen-bond donors (Lipinski definition) is 1. The van der Waals surface area contributed by atoms with Crippen LogP contribution in [0.15, 0.2) is 34.3 Å². The molecular weight excluding hydrogens is 439 g/mol.